The molecule has 2 N–H and O–H groups in total. The van der Waals surface area contributed by atoms with Crippen LogP contribution in [0.15, 0.2) is 82.3 Å². The molecule has 202 valence electrons. The van der Waals surface area contributed by atoms with Crippen LogP contribution in [0.1, 0.15) is 45.2 Å². The molecule has 2 heterocycles. The molecule has 8 nitrogen and oxygen atoms in total. The number of benzene rings is 2. The van der Waals surface area contributed by atoms with Gasteiger partial charge in [0.15, 0.2) is 5.71 Å². The fourth-order valence-corrected chi connectivity index (χ4v) is 6.56. The van der Waals surface area contributed by atoms with Gasteiger partial charge in [0.2, 0.25) is 5.69 Å². The zero-order chi connectivity index (χ0) is 28.3. The average molecular weight is 558 g/mol. The highest BCUT2D eigenvalue weighted by Crippen LogP contribution is 2.49. The van der Waals surface area contributed by atoms with Crippen molar-refractivity contribution in [2.24, 2.45) is 0 Å². The van der Waals surface area contributed by atoms with E-state index in [4.69, 9.17) is 0 Å². The average Bonchev–Trinajstić information content (AvgIpc) is 3.17. The van der Waals surface area contributed by atoms with Gasteiger partial charge in [0.1, 0.15) is 7.05 Å². The van der Waals surface area contributed by atoms with E-state index in [-0.39, 0.29) is 9.79 Å². The molecule has 1 unspecified atom stereocenters. The fraction of sp³-hybridized carbons (Fsp3) is 0.321. The summed E-state index contributed by atoms with van der Waals surface area (Å²) in [4.78, 5) is 1.79. The predicted molar refractivity (Wildman–Crippen MR) is 149 cm³/mol. The molecule has 4 rings (SSSR count). The van der Waals surface area contributed by atoms with Crippen LogP contribution >= 0.6 is 0 Å². The molecular formula is C28H33N2O6S2+. The minimum atomic E-state index is -4.30. The maximum Gasteiger partial charge on any atom is 0.294 e. The van der Waals surface area contributed by atoms with Crippen molar-refractivity contribution < 1.29 is 30.5 Å². The zero-order valence-corrected chi connectivity index (χ0v) is 23.9. The first-order valence-electron chi connectivity index (χ1n) is 12.2. The monoisotopic (exact) mass is 557 g/mol. The van der Waals surface area contributed by atoms with Crippen molar-refractivity contribution in [1.29, 1.82) is 0 Å². The first-order valence-corrected chi connectivity index (χ1v) is 15.1. The van der Waals surface area contributed by atoms with E-state index >= 15 is 0 Å². The van der Waals surface area contributed by atoms with Crippen molar-refractivity contribution in [2.75, 3.05) is 19.0 Å². The second-order valence-electron chi connectivity index (χ2n) is 10.4. The Labute approximate surface area is 224 Å². The van der Waals surface area contributed by atoms with Crippen LogP contribution in [-0.4, -0.2) is 50.3 Å². The van der Waals surface area contributed by atoms with E-state index in [2.05, 4.69) is 6.92 Å². The third-order valence-corrected chi connectivity index (χ3v) is 9.59. The van der Waals surface area contributed by atoms with Gasteiger partial charge < -0.3 is 4.90 Å². The molecule has 0 saturated carbocycles. The number of hydrogen-bond acceptors (Lipinski definition) is 5. The maximum atomic E-state index is 11.7. The molecule has 0 aliphatic carbocycles. The largest absolute Gasteiger partial charge is 0.347 e. The molecule has 0 amide bonds. The summed E-state index contributed by atoms with van der Waals surface area (Å²) >= 11 is 0. The number of nitrogens with zero attached hydrogens (tertiary/aromatic N) is 2. The Morgan fingerprint density at radius 2 is 1.47 bits per heavy atom. The van der Waals surface area contributed by atoms with Gasteiger partial charge in [0.25, 0.3) is 20.2 Å². The Hall–Kier alpha value is -3.05. The van der Waals surface area contributed by atoms with Gasteiger partial charge in [-0.05, 0) is 69.2 Å². The predicted octanol–water partition coefficient (Wildman–Crippen LogP) is 5.00. The highest BCUT2D eigenvalue weighted by molar-refractivity contribution is 7.86. The lowest BCUT2D eigenvalue weighted by molar-refractivity contribution is -0.401. The molecule has 1 atom stereocenters. The van der Waals surface area contributed by atoms with Gasteiger partial charge in [-0.1, -0.05) is 25.2 Å². The zero-order valence-electron chi connectivity index (χ0n) is 22.3. The van der Waals surface area contributed by atoms with Crippen molar-refractivity contribution in [3.05, 3.63) is 83.6 Å². The van der Waals surface area contributed by atoms with Crippen LogP contribution < -0.4 is 4.90 Å². The number of rotatable bonds is 6. The van der Waals surface area contributed by atoms with Crippen LogP contribution in [0, 0.1) is 0 Å². The number of likely N-dealkylation sites (N-methyl/N-ethyl adjacent to an activating group) is 1. The Balaban J connectivity index is 1.62. The van der Waals surface area contributed by atoms with Gasteiger partial charge in [-0.3, -0.25) is 9.11 Å². The molecule has 0 fully saturated rings. The van der Waals surface area contributed by atoms with E-state index in [1.54, 1.807) is 18.2 Å². The van der Waals surface area contributed by atoms with Crippen molar-refractivity contribution in [3.8, 4) is 0 Å². The third-order valence-electron chi connectivity index (χ3n) is 7.89. The number of allylic oxidation sites excluding steroid dienone is 6. The molecule has 2 aromatic carbocycles. The van der Waals surface area contributed by atoms with E-state index in [0.717, 1.165) is 40.3 Å². The minimum absolute atomic E-state index is 0.117. The van der Waals surface area contributed by atoms with Gasteiger partial charge in [0.05, 0.1) is 15.2 Å². The Kier molecular flexibility index (Phi) is 6.85. The molecule has 2 aliphatic rings. The Morgan fingerprint density at radius 1 is 0.895 bits per heavy atom. The molecule has 2 aliphatic heterocycles. The van der Waals surface area contributed by atoms with Gasteiger partial charge >= 0.3 is 0 Å². The summed E-state index contributed by atoms with van der Waals surface area (Å²) in [5, 5.41) is 0. The van der Waals surface area contributed by atoms with Crippen LogP contribution in [0.2, 0.25) is 0 Å². The number of anilines is 1. The Morgan fingerprint density at radius 3 is 2.05 bits per heavy atom. The Bertz CT molecular complexity index is 1660. The van der Waals surface area contributed by atoms with Gasteiger partial charge in [-0.25, -0.2) is 0 Å². The number of fused-ring (bicyclic) bond motifs is 2. The first kappa shape index (κ1) is 28.0. The summed E-state index contributed by atoms with van der Waals surface area (Å²) in [6.45, 7) is 8.11. The number of hydrogen-bond donors (Lipinski definition) is 2. The van der Waals surface area contributed by atoms with Crippen molar-refractivity contribution in [1.82, 2.24) is 0 Å². The normalized spacial score (nSPS) is 22.2. The molecule has 10 heteroatoms. The molecule has 0 aromatic heterocycles. The summed E-state index contributed by atoms with van der Waals surface area (Å²) in [5.74, 6) is 0. The maximum absolute atomic E-state index is 11.7. The van der Waals surface area contributed by atoms with Crippen molar-refractivity contribution >= 4 is 37.3 Å². The second kappa shape index (κ2) is 9.30. The van der Waals surface area contributed by atoms with E-state index in [0.29, 0.717) is 0 Å². The summed E-state index contributed by atoms with van der Waals surface area (Å²) in [7, 11) is -4.74. The van der Waals surface area contributed by atoms with E-state index in [9.17, 15) is 25.9 Å². The summed E-state index contributed by atoms with van der Waals surface area (Å²) < 4.78 is 67.7. The summed E-state index contributed by atoms with van der Waals surface area (Å²) in [5.41, 5.74) is 4.49. The molecule has 0 saturated heterocycles. The minimum Gasteiger partial charge on any atom is -0.347 e. The SMILES string of the molecule is CCC1(C)C(=CC=CC=CC2=[N+](C)c3ccc(S(=O)(=O)O)cc3C2(C)C)N(C)c2ccc(S(=O)(=O)O)cc21. The van der Waals surface area contributed by atoms with Crippen LogP contribution in [0.5, 0.6) is 0 Å². The van der Waals surface area contributed by atoms with E-state index in [1.807, 2.05) is 74.7 Å². The van der Waals surface area contributed by atoms with Gasteiger partial charge in [-0.15, -0.1) is 0 Å². The van der Waals surface area contributed by atoms with Crippen molar-refractivity contribution in [3.63, 3.8) is 0 Å². The molecule has 2 aromatic rings. The highest BCUT2D eigenvalue weighted by atomic mass is 32.2. The summed E-state index contributed by atoms with van der Waals surface area (Å²) in [6, 6.07) is 9.31. The third kappa shape index (κ3) is 4.55. The van der Waals surface area contributed by atoms with Crippen LogP contribution in [0.4, 0.5) is 11.4 Å². The topological polar surface area (TPSA) is 115 Å². The summed E-state index contributed by atoms with van der Waals surface area (Å²) in [6.07, 6.45) is 10.5. The second-order valence-corrected chi connectivity index (χ2v) is 13.3. The van der Waals surface area contributed by atoms with E-state index in [1.165, 1.54) is 18.2 Å². The highest BCUT2D eigenvalue weighted by Gasteiger charge is 2.44. The van der Waals surface area contributed by atoms with Crippen LogP contribution in [0.3, 0.4) is 0 Å². The lowest BCUT2D eigenvalue weighted by atomic mass is 9.79. The lowest BCUT2D eigenvalue weighted by Gasteiger charge is -2.27. The first-order chi connectivity index (χ1) is 17.5. The lowest BCUT2D eigenvalue weighted by Crippen LogP contribution is -2.26. The molecule has 38 heavy (non-hydrogen) atoms. The van der Waals surface area contributed by atoms with Crippen LogP contribution in [0.25, 0.3) is 0 Å². The quantitative estimate of drug-likeness (QED) is 0.292. The molecular weight excluding hydrogens is 524 g/mol. The van der Waals surface area contributed by atoms with Crippen molar-refractivity contribution in [2.45, 2.75) is 54.7 Å². The molecule has 0 bridgehead atoms. The fourth-order valence-electron chi connectivity index (χ4n) is 5.55. The standard InChI is InChI=1S/C28H32N2O6S2/c1-7-28(4)22-18-20(38(34,35)36)14-16-24(22)30(6)26(28)12-10-8-9-11-25-27(2,3)21-17-19(37(31,32)33)13-15-23(21)29(25)5/h8-18H,7H2,1-6H3,(H-,31,32,33,34,35,36)/p+1. The van der Waals surface area contributed by atoms with Gasteiger partial charge in [0, 0.05) is 41.6 Å². The van der Waals surface area contributed by atoms with Crippen LogP contribution in [-0.2, 0) is 31.1 Å². The smallest absolute Gasteiger partial charge is 0.294 e. The van der Waals surface area contributed by atoms with E-state index < -0.39 is 31.1 Å². The van der Waals surface area contributed by atoms with Gasteiger partial charge in [-0.2, -0.15) is 21.4 Å². The molecule has 0 spiro atoms. The molecule has 0 radical (unpaired) electrons.